The molecule has 0 bridgehead atoms. The van der Waals surface area contributed by atoms with Gasteiger partial charge in [0.05, 0.1) is 22.4 Å². The van der Waals surface area contributed by atoms with Crippen molar-refractivity contribution < 1.29 is 4.74 Å². The third-order valence-corrected chi connectivity index (χ3v) is 3.35. The van der Waals surface area contributed by atoms with Crippen LogP contribution >= 0.6 is 24.0 Å². The molecule has 0 atom stereocenters. The standard InChI is InChI=1S/C9H9NOS2/c1-11-7-4-6(10)9-5(8(7)12)2-3-13-9/h2-4,12H,10H2,1H3. The quantitative estimate of drug-likeness (QED) is 0.562. The molecule has 0 aliphatic carbocycles. The summed E-state index contributed by atoms with van der Waals surface area (Å²) in [5.74, 6) is 0.728. The fourth-order valence-electron chi connectivity index (χ4n) is 1.28. The summed E-state index contributed by atoms with van der Waals surface area (Å²) in [4.78, 5) is 0.855. The van der Waals surface area contributed by atoms with E-state index >= 15 is 0 Å². The van der Waals surface area contributed by atoms with Crippen molar-refractivity contribution in [2.24, 2.45) is 0 Å². The second-order valence-electron chi connectivity index (χ2n) is 2.68. The predicted octanol–water partition coefficient (Wildman–Crippen LogP) is 2.78. The number of thiol groups is 1. The van der Waals surface area contributed by atoms with Gasteiger partial charge >= 0.3 is 0 Å². The molecule has 0 unspecified atom stereocenters. The number of hydrogen-bond donors (Lipinski definition) is 2. The van der Waals surface area contributed by atoms with Gasteiger partial charge in [0.1, 0.15) is 5.75 Å². The molecule has 2 rings (SSSR count). The Morgan fingerprint density at radius 1 is 1.54 bits per heavy atom. The molecule has 4 heteroatoms. The van der Waals surface area contributed by atoms with Crippen LogP contribution in [-0.4, -0.2) is 7.11 Å². The average molecular weight is 211 g/mol. The molecular weight excluding hydrogens is 202 g/mol. The van der Waals surface area contributed by atoms with Crippen LogP contribution in [0.5, 0.6) is 5.75 Å². The fraction of sp³-hybridized carbons (Fsp3) is 0.111. The molecule has 2 N–H and O–H groups in total. The molecule has 13 heavy (non-hydrogen) atoms. The lowest BCUT2D eigenvalue weighted by Crippen LogP contribution is -1.90. The van der Waals surface area contributed by atoms with Gasteiger partial charge in [0.25, 0.3) is 0 Å². The summed E-state index contributed by atoms with van der Waals surface area (Å²) in [6.07, 6.45) is 0. The first kappa shape index (κ1) is 8.72. The highest BCUT2D eigenvalue weighted by Gasteiger charge is 2.08. The number of thiophene rings is 1. The summed E-state index contributed by atoms with van der Waals surface area (Å²) in [5, 5.41) is 3.06. The van der Waals surface area contributed by atoms with Gasteiger partial charge in [-0.3, -0.25) is 0 Å². The van der Waals surface area contributed by atoms with Crippen molar-refractivity contribution in [3.63, 3.8) is 0 Å². The SMILES string of the molecule is COc1cc(N)c2sccc2c1S. The van der Waals surface area contributed by atoms with E-state index < -0.39 is 0 Å². The van der Waals surface area contributed by atoms with E-state index in [0.717, 1.165) is 26.4 Å². The monoisotopic (exact) mass is 211 g/mol. The summed E-state index contributed by atoms with van der Waals surface area (Å²) < 4.78 is 6.23. The zero-order valence-corrected chi connectivity index (χ0v) is 8.78. The highest BCUT2D eigenvalue weighted by atomic mass is 32.1. The molecule has 68 valence electrons. The Morgan fingerprint density at radius 3 is 3.00 bits per heavy atom. The highest BCUT2D eigenvalue weighted by molar-refractivity contribution is 7.80. The lowest BCUT2D eigenvalue weighted by Gasteiger charge is -2.06. The van der Waals surface area contributed by atoms with E-state index in [1.165, 1.54) is 0 Å². The van der Waals surface area contributed by atoms with Crippen molar-refractivity contribution in [3.05, 3.63) is 17.5 Å². The summed E-state index contributed by atoms with van der Waals surface area (Å²) in [5.41, 5.74) is 6.59. The number of benzene rings is 1. The Balaban J connectivity index is 2.85. The molecule has 1 aromatic heterocycles. The second kappa shape index (κ2) is 3.12. The van der Waals surface area contributed by atoms with Gasteiger partial charge < -0.3 is 10.5 Å². The minimum atomic E-state index is 0.728. The molecule has 0 amide bonds. The second-order valence-corrected chi connectivity index (χ2v) is 4.04. The number of rotatable bonds is 1. The van der Waals surface area contributed by atoms with Crippen molar-refractivity contribution in [2.45, 2.75) is 4.90 Å². The normalized spacial score (nSPS) is 10.6. The Hall–Kier alpha value is -0.870. The molecule has 0 saturated heterocycles. The maximum absolute atomic E-state index is 5.84. The van der Waals surface area contributed by atoms with Crippen LogP contribution in [0.4, 0.5) is 5.69 Å². The van der Waals surface area contributed by atoms with E-state index in [9.17, 15) is 0 Å². The van der Waals surface area contributed by atoms with Gasteiger partial charge in [0.15, 0.2) is 0 Å². The number of hydrogen-bond acceptors (Lipinski definition) is 4. The summed E-state index contributed by atoms with van der Waals surface area (Å²) in [6, 6.07) is 3.81. The van der Waals surface area contributed by atoms with E-state index in [2.05, 4.69) is 12.6 Å². The number of nitrogens with two attached hydrogens (primary N) is 1. The Bertz CT molecular complexity index is 450. The minimum Gasteiger partial charge on any atom is -0.495 e. The van der Waals surface area contributed by atoms with Crippen LogP contribution in [0.25, 0.3) is 10.1 Å². The van der Waals surface area contributed by atoms with Crippen LogP contribution in [0.1, 0.15) is 0 Å². The Labute approximate surface area is 85.7 Å². The van der Waals surface area contributed by atoms with E-state index in [1.54, 1.807) is 24.5 Å². The van der Waals surface area contributed by atoms with Crippen LogP contribution in [-0.2, 0) is 0 Å². The Morgan fingerprint density at radius 2 is 2.31 bits per heavy atom. The van der Waals surface area contributed by atoms with Gasteiger partial charge in [-0.05, 0) is 11.4 Å². The van der Waals surface area contributed by atoms with Crippen molar-refractivity contribution in [3.8, 4) is 5.75 Å². The third-order valence-electron chi connectivity index (χ3n) is 1.92. The number of anilines is 1. The molecule has 0 aliphatic rings. The van der Waals surface area contributed by atoms with E-state index in [0.29, 0.717) is 0 Å². The first-order valence-corrected chi connectivity index (χ1v) is 5.09. The number of methoxy groups -OCH3 is 1. The molecule has 2 nitrogen and oxygen atoms in total. The van der Waals surface area contributed by atoms with Crippen LogP contribution < -0.4 is 10.5 Å². The first-order valence-electron chi connectivity index (χ1n) is 3.76. The topological polar surface area (TPSA) is 35.2 Å². The highest BCUT2D eigenvalue weighted by Crippen LogP contribution is 2.38. The lowest BCUT2D eigenvalue weighted by molar-refractivity contribution is 0.406. The maximum Gasteiger partial charge on any atom is 0.134 e. The van der Waals surface area contributed by atoms with E-state index in [1.807, 2.05) is 11.4 Å². The molecule has 1 aromatic carbocycles. The zero-order valence-electron chi connectivity index (χ0n) is 7.07. The largest absolute Gasteiger partial charge is 0.495 e. The van der Waals surface area contributed by atoms with Crippen LogP contribution in [0, 0.1) is 0 Å². The zero-order chi connectivity index (χ0) is 9.42. The summed E-state index contributed by atoms with van der Waals surface area (Å²) >= 11 is 6.00. The smallest absolute Gasteiger partial charge is 0.134 e. The summed E-state index contributed by atoms with van der Waals surface area (Å²) in [7, 11) is 1.62. The van der Waals surface area contributed by atoms with Crippen molar-refractivity contribution in [2.75, 3.05) is 12.8 Å². The van der Waals surface area contributed by atoms with Crippen LogP contribution in [0.15, 0.2) is 22.4 Å². The molecule has 1 heterocycles. The van der Waals surface area contributed by atoms with E-state index in [-0.39, 0.29) is 0 Å². The van der Waals surface area contributed by atoms with Crippen molar-refractivity contribution in [1.29, 1.82) is 0 Å². The summed E-state index contributed by atoms with van der Waals surface area (Å²) in [6.45, 7) is 0. The van der Waals surface area contributed by atoms with Gasteiger partial charge in [-0.25, -0.2) is 0 Å². The molecule has 2 aromatic rings. The van der Waals surface area contributed by atoms with Gasteiger partial charge in [0, 0.05) is 11.5 Å². The van der Waals surface area contributed by atoms with Crippen LogP contribution in [0.3, 0.4) is 0 Å². The van der Waals surface area contributed by atoms with Crippen molar-refractivity contribution >= 4 is 39.7 Å². The molecule has 0 saturated carbocycles. The van der Waals surface area contributed by atoms with Gasteiger partial charge in [-0.1, -0.05) is 0 Å². The maximum atomic E-state index is 5.84. The van der Waals surface area contributed by atoms with Gasteiger partial charge in [-0.2, -0.15) is 0 Å². The molecule has 0 spiro atoms. The molecular formula is C9H9NOS2. The first-order chi connectivity index (χ1) is 6.24. The van der Waals surface area contributed by atoms with Gasteiger partial charge in [0.2, 0.25) is 0 Å². The average Bonchev–Trinajstić information content (AvgIpc) is 2.60. The van der Waals surface area contributed by atoms with Gasteiger partial charge in [-0.15, -0.1) is 24.0 Å². The number of nitrogen functional groups attached to an aromatic ring is 1. The molecule has 0 aliphatic heterocycles. The number of fused-ring (bicyclic) bond motifs is 1. The fourth-order valence-corrected chi connectivity index (χ4v) is 2.53. The molecule has 0 radical (unpaired) electrons. The van der Waals surface area contributed by atoms with Crippen LogP contribution in [0.2, 0.25) is 0 Å². The number of ether oxygens (including phenoxy) is 1. The molecule has 0 fully saturated rings. The third kappa shape index (κ3) is 1.26. The lowest BCUT2D eigenvalue weighted by atomic mass is 10.2. The van der Waals surface area contributed by atoms with E-state index in [4.69, 9.17) is 10.5 Å². The Kier molecular flexibility index (Phi) is 2.09. The van der Waals surface area contributed by atoms with Crippen molar-refractivity contribution in [1.82, 2.24) is 0 Å². The predicted molar refractivity (Wildman–Crippen MR) is 60.0 cm³/mol. The minimum absolute atomic E-state index is 0.728.